The van der Waals surface area contributed by atoms with Gasteiger partial charge in [0.25, 0.3) is 0 Å². The average molecular weight is 297 g/mol. The summed E-state index contributed by atoms with van der Waals surface area (Å²) in [4.78, 5) is 0. The summed E-state index contributed by atoms with van der Waals surface area (Å²) >= 11 is 0. The van der Waals surface area contributed by atoms with Crippen molar-refractivity contribution in [3.05, 3.63) is 59.5 Å². The first-order valence-corrected chi connectivity index (χ1v) is 6.93. The van der Waals surface area contributed by atoms with Gasteiger partial charge in [0.15, 0.2) is 0 Å². The molecule has 0 aliphatic rings. The molecule has 1 aromatic heterocycles. The predicted octanol–water partition coefficient (Wildman–Crippen LogP) is 4.58. The minimum absolute atomic E-state index is 0.123. The minimum atomic E-state index is -4.31. The molecular formula is C16H18F3NO. The Morgan fingerprint density at radius 3 is 2.62 bits per heavy atom. The van der Waals surface area contributed by atoms with Crippen molar-refractivity contribution in [1.29, 1.82) is 0 Å². The Morgan fingerprint density at radius 1 is 1.19 bits per heavy atom. The number of furan rings is 1. The molecule has 0 fully saturated rings. The lowest BCUT2D eigenvalue weighted by Crippen LogP contribution is -2.22. The largest absolute Gasteiger partial charge is 0.469 e. The van der Waals surface area contributed by atoms with E-state index in [9.17, 15) is 13.2 Å². The lowest BCUT2D eigenvalue weighted by atomic mass is 9.99. The van der Waals surface area contributed by atoms with Crippen LogP contribution in [-0.4, -0.2) is 6.54 Å². The fraction of sp³-hybridized carbons (Fsp3) is 0.375. The predicted molar refractivity (Wildman–Crippen MR) is 74.9 cm³/mol. The monoisotopic (exact) mass is 297 g/mol. The van der Waals surface area contributed by atoms with E-state index in [0.29, 0.717) is 24.9 Å². The van der Waals surface area contributed by atoms with Gasteiger partial charge in [0.2, 0.25) is 0 Å². The van der Waals surface area contributed by atoms with Crippen molar-refractivity contribution in [3.8, 4) is 0 Å². The highest BCUT2D eigenvalue weighted by Crippen LogP contribution is 2.31. The van der Waals surface area contributed by atoms with Crippen molar-refractivity contribution in [2.45, 2.75) is 32.0 Å². The van der Waals surface area contributed by atoms with Gasteiger partial charge in [-0.3, -0.25) is 0 Å². The maximum Gasteiger partial charge on any atom is 0.416 e. The van der Waals surface area contributed by atoms with Gasteiger partial charge < -0.3 is 9.73 Å². The second-order valence-corrected chi connectivity index (χ2v) is 4.85. The normalized spacial score (nSPS) is 13.3. The van der Waals surface area contributed by atoms with Crippen LogP contribution in [0.5, 0.6) is 0 Å². The van der Waals surface area contributed by atoms with E-state index < -0.39 is 11.7 Å². The quantitative estimate of drug-likeness (QED) is 0.844. The number of halogens is 3. The fourth-order valence-electron chi connectivity index (χ4n) is 2.31. The lowest BCUT2D eigenvalue weighted by Gasteiger charge is -2.19. The molecule has 21 heavy (non-hydrogen) atoms. The van der Waals surface area contributed by atoms with Gasteiger partial charge in [0, 0.05) is 12.5 Å². The van der Waals surface area contributed by atoms with Crippen LogP contribution in [0.25, 0.3) is 0 Å². The highest BCUT2D eigenvalue weighted by molar-refractivity contribution is 5.28. The molecule has 114 valence electrons. The topological polar surface area (TPSA) is 25.2 Å². The minimum Gasteiger partial charge on any atom is -0.469 e. The molecule has 1 atom stereocenters. The molecule has 0 radical (unpaired) electrons. The zero-order chi connectivity index (χ0) is 15.3. The summed E-state index contributed by atoms with van der Waals surface area (Å²) in [6.45, 7) is 2.63. The van der Waals surface area contributed by atoms with E-state index in [4.69, 9.17) is 4.42 Å². The number of aryl methyl sites for hydroxylation is 1. The van der Waals surface area contributed by atoms with E-state index in [-0.39, 0.29) is 6.04 Å². The first kappa shape index (κ1) is 15.6. The second kappa shape index (κ2) is 6.80. The highest BCUT2D eigenvalue weighted by atomic mass is 19.4. The van der Waals surface area contributed by atoms with Crippen LogP contribution in [0.3, 0.4) is 0 Å². The summed E-state index contributed by atoms with van der Waals surface area (Å²) in [5.74, 6) is 0.838. The van der Waals surface area contributed by atoms with Gasteiger partial charge >= 0.3 is 6.18 Å². The van der Waals surface area contributed by atoms with Gasteiger partial charge in [-0.2, -0.15) is 13.2 Å². The van der Waals surface area contributed by atoms with Crippen LogP contribution in [-0.2, 0) is 12.6 Å². The third-order valence-electron chi connectivity index (χ3n) is 3.33. The van der Waals surface area contributed by atoms with E-state index >= 15 is 0 Å². The van der Waals surface area contributed by atoms with Crippen molar-refractivity contribution in [3.63, 3.8) is 0 Å². The molecular weight excluding hydrogens is 279 g/mol. The Hall–Kier alpha value is -1.75. The smallest absolute Gasteiger partial charge is 0.416 e. The molecule has 0 aliphatic carbocycles. The second-order valence-electron chi connectivity index (χ2n) is 4.85. The van der Waals surface area contributed by atoms with Crippen molar-refractivity contribution in [1.82, 2.24) is 5.32 Å². The Balaban J connectivity index is 2.13. The third kappa shape index (κ3) is 4.36. The van der Waals surface area contributed by atoms with Crippen LogP contribution in [0.1, 0.15) is 36.3 Å². The zero-order valence-electron chi connectivity index (χ0n) is 11.8. The standard InChI is InChI=1S/C16H18F3NO/c1-2-20-15(9-8-14-7-4-10-21-14)12-5-3-6-13(11-12)16(17,18)19/h3-7,10-11,15,20H,2,8-9H2,1H3. The Morgan fingerprint density at radius 2 is 2.00 bits per heavy atom. The van der Waals surface area contributed by atoms with Crippen LogP contribution >= 0.6 is 0 Å². The number of hydrogen-bond acceptors (Lipinski definition) is 2. The summed E-state index contributed by atoms with van der Waals surface area (Å²) in [5.41, 5.74) is 0.0409. The summed E-state index contributed by atoms with van der Waals surface area (Å²) in [6.07, 6.45) is -1.35. The van der Waals surface area contributed by atoms with Crippen molar-refractivity contribution >= 4 is 0 Å². The summed E-state index contributed by atoms with van der Waals surface area (Å²) < 4.78 is 43.6. The molecule has 0 bridgehead atoms. The SMILES string of the molecule is CCNC(CCc1ccco1)c1cccc(C(F)(F)F)c1. The van der Waals surface area contributed by atoms with Crippen molar-refractivity contribution in [2.24, 2.45) is 0 Å². The molecule has 2 aromatic rings. The van der Waals surface area contributed by atoms with Gasteiger partial charge in [-0.25, -0.2) is 0 Å². The van der Waals surface area contributed by atoms with E-state index in [2.05, 4.69) is 5.32 Å². The maximum absolute atomic E-state index is 12.8. The number of nitrogens with one attached hydrogen (secondary N) is 1. The molecule has 1 aromatic carbocycles. The summed E-state index contributed by atoms with van der Waals surface area (Å²) in [5, 5.41) is 3.23. The van der Waals surface area contributed by atoms with Crippen LogP contribution in [0.15, 0.2) is 47.1 Å². The number of alkyl halides is 3. The van der Waals surface area contributed by atoms with Gasteiger partial charge in [-0.05, 0) is 42.8 Å². The van der Waals surface area contributed by atoms with Crippen LogP contribution in [0, 0.1) is 0 Å². The highest BCUT2D eigenvalue weighted by Gasteiger charge is 2.30. The average Bonchev–Trinajstić information content (AvgIpc) is 2.96. The molecule has 0 aliphatic heterocycles. The van der Waals surface area contributed by atoms with E-state index in [0.717, 1.165) is 11.8 Å². The van der Waals surface area contributed by atoms with Crippen LogP contribution in [0.2, 0.25) is 0 Å². The molecule has 2 rings (SSSR count). The molecule has 0 saturated heterocycles. The van der Waals surface area contributed by atoms with Crippen molar-refractivity contribution in [2.75, 3.05) is 6.54 Å². The summed E-state index contributed by atoms with van der Waals surface area (Å²) in [6, 6.07) is 9.05. The molecule has 5 heteroatoms. The van der Waals surface area contributed by atoms with Crippen molar-refractivity contribution < 1.29 is 17.6 Å². The van der Waals surface area contributed by atoms with Gasteiger partial charge in [0.05, 0.1) is 11.8 Å². The van der Waals surface area contributed by atoms with Gasteiger partial charge in [-0.1, -0.05) is 19.1 Å². The first-order chi connectivity index (χ1) is 10.0. The molecule has 1 unspecified atom stereocenters. The van der Waals surface area contributed by atoms with Gasteiger partial charge in [0.1, 0.15) is 5.76 Å². The first-order valence-electron chi connectivity index (χ1n) is 6.93. The van der Waals surface area contributed by atoms with Gasteiger partial charge in [-0.15, -0.1) is 0 Å². The van der Waals surface area contributed by atoms with E-state index in [1.807, 2.05) is 19.1 Å². The third-order valence-corrected chi connectivity index (χ3v) is 3.33. The Labute approximate surface area is 122 Å². The van der Waals surface area contributed by atoms with Crippen LogP contribution in [0.4, 0.5) is 13.2 Å². The molecule has 0 spiro atoms. The van der Waals surface area contributed by atoms with E-state index in [1.165, 1.54) is 12.1 Å². The fourth-order valence-corrected chi connectivity index (χ4v) is 2.31. The number of hydrogen-bond donors (Lipinski definition) is 1. The zero-order valence-corrected chi connectivity index (χ0v) is 11.8. The molecule has 1 N–H and O–H groups in total. The number of benzene rings is 1. The maximum atomic E-state index is 12.8. The Kier molecular flexibility index (Phi) is 5.07. The van der Waals surface area contributed by atoms with E-state index in [1.54, 1.807) is 12.3 Å². The molecule has 1 heterocycles. The molecule has 0 amide bonds. The Bertz CT molecular complexity index is 549. The number of rotatable bonds is 6. The lowest BCUT2D eigenvalue weighted by molar-refractivity contribution is -0.137. The molecule has 2 nitrogen and oxygen atoms in total. The summed E-state index contributed by atoms with van der Waals surface area (Å²) in [7, 11) is 0. The van der Waals surface area contributed by atoms with Crippen LogP contribution < -0.4 is 5.32 Å². The molecule has 0 saturated carbocycles.